The summed E-state index contributed by atoms with van der Waals surface area (Å²) in [5.41, 5.74) is 6.03. The number of aryl methyl sites for hydroxylation is 4. The molecule has 1 amide bonds. The molecule has 0 saturated heterocycles. The summed E-state index contributed by atoms with van der Waals surface area (Å²) in [7, 11) is 1.55. The standard InChI is InChI=1S/C41H40ClN9O3S/c1-25-34(55-41-37(25)39(30-13-15-31(42)16-14-30)44-22-35-48-47-27(3)51(35)41)18-12-28-21-45-49(23-28)20-7-5-6-9-29-10-8-11-33-38(29)40(54)50(26(2)46-33)32(24-52)17-19-36(53)43-4/h8,10-11,13-16,21,23-24,32H,5-7,9,17,19-20,22H2,1-4H3,(H,43,53). The molecule has 2 aromatic carbocycles. The lowest BCUT2D eigenvalue weighted by Gasteiger charge is -2.18. The van der Waals surface area contributed by atoms with E-state index in [-0.39, 0.29) is 24.3 Å². The van der Waals surface area contributed by atoms with Gasteiger partial charge in [-0.05, 0) is 75.8 Å². The molecule has 0 bridgehead atoms. The summed E-state index contributed by atoms with van der Waals surface area (Å²) in [5, 5.41) is 18.1. The molecular formula is C41H40ClN9O3S. The van der Waals surface area contributed by atoms with E-state index in [9.17, 15) is 14.4 Å². The molecule has 12 nitrogen and oxygen atoms in total. The zero-order valence-electron chi connectivity index (χ0n) is 31.1. The Hall–Kier alpha value is -5.71. The Kier molecular flexibility index (Phi) is 11.2. The average Bonchev–Trinajstić information content (AvgIpc) is 3.85. The van der Waals surface area contributed by atoms with Crippen LogP contribution in [0.4, 0.5) is 0 Å². The second-order valence-corrected chi connectivity index (χ2v) is 15.0. The monoisotopic (exact) mass is 773 g/mol. The van der Waals surface area contributed by atoms with E-state index in [1.54, 1.807) is 31.5 Å². The maximum absolute atomic E-state index is 13.7. The van der Waals surface area contributed by atoms with Gasteiger partial charge in [-0.3, -0.25) is 28.4 Å². The van der Waals surface area contributed by atoms with Gasteiger partial charge in [-0.2, -0.15) is 5.10 Å². The molecule has 1 N–H and O–H groups in total. The molecule has 1 atom stereocenters. The number of benzene rings is 2. The van der Waals surface area contributed by atoms with Gasteiger partial charge in [0.05, 0.1) is 39.3 Å². The second kappa shape index (κ2) is 16.3. The Bertz CT molecular complexity index is 2570. The van der Waals surface area contributed by atoms with Gasteiger partial charge in [0.25, 0.3) is 5.56 Å². The van der Waals surface area contributed by atoms with Gasteiger partial charge in [0.1, 0.15) is 29.5 Å². The number of hydrogen-bond acceptors (Lipinski definition) is 9. The number of aliphatic imine (C=N–C) groups is 1. The van der Waals surface area contributed by atoms with Crippen molar-refractivity contribution < 1.29 is 9.59 Å². The van der Waals surface area contributed by atoms with Crippen LogP contribution in [0.5, 0.6) is 0 Å². The number of aldehydes is 1. The predicted octanol–water partition coefficient (Wildman–Crippen LogP) is 6.24. The number of fused-ring (bicyclic) bond motifs is 4. The van der Waals surface area contributed by atoms with E-state index >= 15 is 0 Å². The zero-order chi connectivity index (χ0) is 38.6. The average molecular weight is 774 g/mol. The Labute approximate surface area is 327 Å². The van der Waals surface area contributed by atoms with Gasteiger partial charge in [0.15, 0.2) is 5.82 Å². The summed E-state index contributed by atoms with van der Waals surface area (Å²) in [6.45, 7) is 6.91. The van der Waals surface area contributed by atoms with Gasteiger partial charge in [0.2, 0.25) is 5.91 Å². The van der Waals surface area contributed by atoms with Gasteiger partial charge in [-0.1, -0.05) is 54.1 Å². The molecule has 0 fully saturated rings. The second-order valence-electron chi connectivity index (χ2n) is 13.5. The SMILES string of the molecule is CNC(=O)CCC(C=O)n1c(C)nc2cccc(CCCCCn3cc(C#Cc4sc5c(c4C)C(c4ccc(Cl)cc4)=NCc4nnc(C)n4-5)cn3)c2c1=O. The van der Waals surface area contributed by atoms with Crippen molar-refractivity contribution in [3.05, 3.63) is 120 Å². The lowest BCUT2D eigenvalue weighted by molar-refractivity contribution is -0.121. The Morgan fingerprint density at radius 3 is 2.65 bits per heavy atom. The van der Waals surface area contributed by atoms with E-state index in [1.165, 1.54) is 4.57 Å². The van der Waals surface area contributed by atoms with E-state index in [0.717, 1.165) is 87.1 Å². The molecule has 1 aliphatic rings. The summed E-state index contributed by atoms with van der Waals surface area (Å²) in [6.07, 6.45) is 8.24. The Balaban J connectivity index is 1.02. The first kappa shape index (κ1) is 37.6. The van der Waals surface area contributed by atoms with E-state index in [1.807, 2.05) is 60.3 Å². The molecule has 0 saturated carbocycles. The quantitative estimate of drug-likeness (QED) is 0.0882. The van der Waals surface area contributed by atoms with E-state index in [0.29, 0.717) is 34.7 Å². The molecule has 55 heavy (non-hydrogen) atoms. The van der Waals surface area contributed by atoms with Crippen LogP contribution in [-0.2, 0) is 29.1 Å². The number of carbonyl (C=O) groups excluding carboxylic acids is 2. The summed E-state index contributed by atoms with van der Waals surface area (Å²) in [6, 6.07) is 12.7. The van der Waals surface area contributed by atoms with Crippen LogP contribution in [0.1, 0.15) is 88.3 Å². The summed E-state index contributed by atoms with van der Waals surface area (Å²) in [5.74, 6) is 8.59. The number of carbonyl (C=O) groups is 2. The molecule has 0 aliphatic carbocycles. The molecule has 280 valence electrons. The Morgan fingerprint density at radius 2 is 1.87 bits per heavy atom. The van der Waals surface area contributed by atoms with Crippen LogP contribution in [0.15, 0.2) is 64.6 Å². The number of aromatic nitrogens is 7. The normalized spacial score (nSPS) is 12.6. The minimum absolute atomic E-state index is 0.138. The highest BCUT2D eigenvalue weighted by Crippen LogP contribution is 2.36. The summed E-state index contributed by atoms with van der Waals surface area (Å²) in [4.78, 5) is 48.2. The van der Waals surface area contributed by atoms with Crippen LogP contribution in [0.2, 0.25) is 5.02 Å². The topological polar surface area (TPSA) is 142 Å². The van der Waals surface area contributed by atoms with E-state index in [2.05, 4.69) is 48.9 Å². The lowest BCUT2D eigenvalue weighted by Crippen LogP contribution is -2.30. The lowest BCUT2D eigenvalue weighted by atomic mass is 10.00. The van der Waals surface area contributed by atoms with Crippen molar-refractivity contribution in [3.8, 4) is 16.8 Å². The summed E-state index contributed by atoms with van der Waals surface area (Å²) >= 11 is 7.82. The largest absolute Gasteiger partial charge is 0.359 e. The molecule has 7 rings (SSSR count). The van der Waals surface area contributed by atoms with Crippen molar-refractivity contribution in [1.82, 2.24) is 39.4 Å². The van der Waals surface area contributed by atoms with Crippen LogP contribution in [-0.4, -0.2) is 59.0 Å². The fourth-order valence-corrected chi connectivity index (χ4v) is 8.38. The third kappa shape index (κ3) is 7.78. The molecule has 14 heteroatoms. The summed E-state index contributed by atoms with van der Waals surface area (Å²) < 4.78 is 5.42. The highest BCUT2D eigenvalue weighted by atomic mass is 35.5. The maximum Gasteiger partial charge on any atom is 0.262 e. The third-order valence-corrected chi connectivity index (χ3v) is 11.3. The van der Waals surface area contributed by atoms with Crippen molar-refractivity contribution in [1.29, 1.82) is 0 Å². The van der Waals surface area contributed by atoms with E-state index < -0.39 is 6.04 Å². The van der Waals surface area contributed by atoms with Crippen molar-refractivity contribution in [2.24, 2.45) is 4.99 Å². The van der Waals surface area contributed by atoms with Crippen LogP contribution in [0, 0.1) is 32.6 Å². The van der Waals surface area contributed by atoms with Crippen LogP contribution in [0.3, 0.4) is 0 Å². The number of halogens is 1. The van der Waals surface area contributed by atoms with Crippen molar-refractivity contribution in [2.75, 3.05) is 7.05 Å². The molecule has 1 unspecified atom stereocenters. The molecule has 6 aromatic rings. The van der Waals surface area contributed by atoms with Gasteiger partial charge < -0.3 is 10.1 Å². The smallest absolute Gasteiger partial charge is 0.262 e. The molecule has 5 heterocycles. The number of hydrogen-bond donors (Lipinski definition) is 1. The number of rotatable bonds is 12. The number of amides is 1. The molecule has 4 aromatic heterocycles. The molecule has 0 radical (unpaired) electrons. The minimum Gasteiger partial charge on any atom is -0.359 e. The highest BCUT2D eigenvalue weighted by Gasteiger charge is 2.27. The third-order valence-electron chi connectivity index (χ3n) is 9.87. The fraction of sp³-hybridized carbons (Fsp3) is 0.317. The van der Waals surface area contributed by atoms with Crippen LogP contribution >= 0.6 is 22.9 Å². The maximum atomic E-state index is 13.7. The first-order valence-electron chi connectivity index (χ1n) is 18.2. The van der Waals surface area contributed by atoms with Crippen molar-refractivity contribution in [3.63, 3.8) is 0 Å². The minimum atomic E-state index is -0.766. The van der Waals surface area contributed by atoms with Crippen LogP contribution in [0.25, 0.3) is 15.9 Å². The van der Waals surface area contributed by atoms with Gasteiger partial charge in [-0.15, -0.1) is 21.5 Å². The van der Waals surface area contributed by atoms with Crippen LogP contribution < -0.4 is 10.9 Å². The fourth-order valence-electron chi connectivity index (χ4n) is 7.03. The van der Waals surface area contributed by atoms with Crippen molar-refractivity contribution in [2.45, 2.75) is 78.4 Å². The highest BCUT2D eigenvalue weighted by molar-refractivity contribution is 7.15. The van der Waals surface area contributed by atoms with Gasteiger partial charge >= 0.3 is 0 Å². The first-order valence-corrected chi connectivity index (χ1v) is 19.4. The molecular weight excluding hydrogens is 734 g/mol. The predicted molar refractivity (Wildman–Crippen MR) is 214 cm³/mol. The van der Waals surface area contributed by atoms with Crippen molar-refractivity contribution >= 4 is 51.7 Å². The Morgan fingerprint density at radius 1 is 1.05 bits per heavy atom. The van der Waals surface area contributed by atoms with E-state index in [4.69, 9.17) is 16.6 Å². The number of unbranched alkanes of at least 4 members (excludes halogenated alkanes) is 2. The number of nitrogens with zero attached hydrogens (tertiary/aromatic N) is 8. The zero-order valence-corrected chi connectivity index (χ0v) is 32.7. The number of nitrogens with one attached hydrogen (secondary N) is 1. The molecule has 1 aliphatic heterocycles. The first-order chi connectivity index (χ1) is 26.7. The molecule has 0 spiro atoms. The van der Waals surface area contributed by atoms with Gasteiger partial charge in [0, 0.05) is 42.4 Å². The van der Waals surface area contributed by atoms with Gasteiger partial charge in [-0.25, -0.2) is 4.98 Å². The number of thiophene rings is 1.